The lowest BCUT2D eigenvalue weighted by Crippen LogP contribution is -2.38. The molecule has 17 heavy (non-hydrogen) atoms. The van der Waals surface area contributed by atoms with Gasteiger partial charge < -0.3 is 4.74 Å². The highest BCUT2D eigenvalue weighted by Crippen LogP contribution is 2.37. The molecule has 1 aromatic rings. The van der Waals surface area contributed by atoms with Crippen molar-refractivity contribution < 1.29 is 13.5 Å². The van der Waals surface area contributed by atoms with Crippen molar-refractivity contribution in [3.05, 3.63) is 28.8 Å². The lowest BCUT2D eigenvalue weighted by Gasteiger charge is -2.23. The number of halogens is 3. The van der Waals surface area contributed by atoms with E-state index < -0.39 is 11.4 Å². The second-order valence-corrected chi connectivity index (χ2v) is 4.32. The van der Waals surface area contributed by atoms with Crippen LogP contribution in [0.25, 0.3) is 0 Å². The summed E-state index contributed by atoms with van der Waals surface area (Å²) in [5.74, 6) is 5.77. The first-order valence-corrected chi connectivity index (χ1v) is 5.37. The predicted molar refractivity (Wildman–Crippen MR) is 63.3 cm³/mol. The van der Waals surface area contributed by atoms with E-state index in [0.717, 1.165) is 5.56 Å². The number of hydrogen-bond acceptors (Lipinski definition) is 3. The maximum absolute atomic E-state index is 13.2. The Hall–Kier alpha value is -0.910. The van der Waals surface area contributed by atoms with Gasteiger partial charge in [-0.3, -0.25) is 5.84 Å². The van der Waals surface area contributed by atoms with E-state index in [1.165, 1.54) is 7.11 Å². The number of aryl methyl sites for hydroxylation is 2. The summed E-state index contributed by atoms with van der Waals surface area (Å²) in [6, 6.07) is 1.83. The standard InChI is InChI=1S/C11H15ClF2N2O/c1-6-5-9(17-3)7(2)4-8(6)10(16-15)11(12,13)14/h4-5,10,16H,15H2,1-3H3. The van der Waals surface area contributed by atoms with Gasteiger partial charge in [0, 0.05) is 0 Å². The number of hydrogen-bond donors (Lipinski definition) is 2. The van der Waals surface area contributed by atoms with Crippen molar-refractivity contribution in [2.75, 3.05) is 7.11 Å². The largest absolute Gasteiger partial charge is 0.496 e. The minimum Gasteiger partial charge on any atom is -0.496 e. The van der Waals surface area contributed by atoms with Gasteiger partial charge in [0.1, 0.15) is 11.8 Å². The molecule has 0 aliphatic rings. The number of rotatable bonds is 4. The monoisotopic (exact) mass is 264 g/mol. The number of hydrazine groups is 1. The zero-order valence-corrected chi connectivity index (χ0v) is 10.6. The van der Waals surface area contributed by atoms with Crippen LogP contribution >= 0.6 is 11.6 Å². The van der Waals surface area contributed by atoms with Gasteiger partial charge in [-0.15, -0.1) is 0 Å². The molecule has 1 rings (SSSR count). The molecule has 3 N–H and O–H groups in total. The molecule has 0 aliphatic heterocycles. The van der Waals surface area contributed by atoms with Crippen molar-refractivity contribution in [3.63, 3.8) is 0 Å². The first kappa shape index (κ1) is 14.2. The van der Waals surface area contributed by atoms with Crippen LogP contribution < -0.4 is 16.0 Å². The zero-order chi connectivity index (χ0) is 13.2. The number of alkyl halides is 3. The SMILES string of the molecule is COc1cc(C)c(C(NN)C(F)(F)Cl)cc1C. The molecule has 1 unspecified atom stereocenters. The first-order chi connectivity index (χ1) is 7.81. The van der Waals surface area contributed by atoms with Crippen molar-refractivity contribution in [2.45, 2.75) is 25.3 Å². The molecule has 0 fully saturated rings. The third-order valence-corrected chi connectivity index (χ3v) is 2.81. The Morgan fingerprint density at radius 3 is 2.35 bits per heavy atom. The first-order valence-electron chi connectivity index (χ1n) is 4.99. The fourth-order valence-electron chi connectivity index (χ4n) is 1.70. The molecule has 0 amide bonds. The van der Waals surface area contributed by atoms with Crippen LogP contribution in [0, 0.1) is 13.8 Å². The van der Waals surface area contributed by atoms with Gasteiger partial charge in [-0.1, -0.05) is 6.07 Å². The Morgan fingerprint density at radius 1 is 1.35 bits per heavy atom. The normalized spacial score (nSPS) is 13.6. The molecule has 0 saturated heterocycles. The number of ether oxygens (including phenoxy) is 1. The van der Waals surface area contributed by atoms with Crippen molar-refractivity contribution in [3.8, 4) is 5.75 Å². The maximum atomic E-state index is 13.2. The van der Waals surface area contributed by atoms with E-state index in [1.807, 2.05) is 5.43 Å². The topological polar surface area (TPSA) is 47.3 Å². The highest BCUT2D eigenvalue weighted by Gasteiger charge is 2.38. The summed E-state index contributed by atoms with van der Waals surface area (Å²) >= 11 is 5.02. The smallest absolute Gasteiger partial charge is 0.342 e. The molecule has 0 radical (unpaired) electrons. The minimum atomic E-state index is -3.46. The fraction of sp³-hybridized carbons (Fsp3) is 0.455. The number of benzene rings is 1. The van der Waals surface area contributed by atoms with E-state index in [1.54, 1.807) is 26.0 Å². The molecule has 96 valence electrons. The zero-order valence-electron chi connectivity index (χ0n) is 9.85. The Bertz CT molecular complexity index is 407. The van der Waals surface area contributed by atoms with E-state index >= 15 is 0 Å². The van der Waals surface area contributed by atoms with E-state index in [4.69, 9.17) is 22.2 Å². The van der Waals surface area contributed by atoms with E-state index in [0.29, 0.717) is 16.9 Å². The van der Waals surface area contributed by atoms with Crippen LogP contribution in [0.3, 0.4) is 0 Å². The molecule has 3 nitrogen and oxygen atoms in total. The third-order valence-electron chi connectivity index (χ3n) is 2.59. The van der Waals surface area contributed by atoms with Gasteiger partial charge in [-0.2, -0.15) is 8.78 Å². The maximum Gasteiger partial charge on any atom is 0.342 e. The van der Waals surface area contributed by atoms with Gasteiger partial charge in [0.25, 0.3) is 0 Å². The minimum absolute atomic E-state index is 0.353. The summed E-state index contributed by atoms with van der Waals surface area (Å²) in [4.78, 5) is 0. The molecule has 0 aliphatic carbocycles. The highest BCUT2D eigenvalue weighted by molar-refractivity contribution is 6.22. The van der Waals surface area contributed by atoms with Gasteiger partial charge in [0.2, 0.25) is 0 Å². The van der Waals surface area contributed by atoms with Crippen LogP contribution in [-0.2, 0) is 0 Å². The van der Waals surface area contributed by atoms with Crippen LogP contribution in [0.4, 0.5) is 8.78 Å². The van der Waals surface area contributed by atoms with Crippen molar-refractivity contribution >= 4 is 11.6 Å². The Morgan fingerprint density at radius 2 is 1.94 bits per heavy atom. The molecule has 0 heterocycles. The highest BCUT2D eigenvalue weighted by atomic mass is 35.5. The van der Waals surface area contributed by atoms with E-state index in [9.17, 15) is 8.78 Å². The Labute approximate surface area is 104 Å². The Kier molecular flexibility index (Phi) is 4.30. The second-order valence-electron chi connectivity index (χ2n) is 3.82. The predicted octanol–water partition coefficient (Wildman–Crippen LogP) is 2.65. The molecule has 0 aromatic heterocycles. The van der Waals surface area contributed by atoms with Gasteiger partial charge in [-0.05, 0) is 48.2 Å². The molecule has 1 atom stereocenters. The molecular weight excluding hydrogens is 250 g/mol. The summed E-state index contributed by atoms with van der Waals surface area (Å²) in [7, 11) is 1.52. The van der Waals surface area contributed by atoms with Gasteiger partial charge >= 0.3 is 5.38 Å². The fourth-order valence-corrected chi connectivity index (χ4v) is 1.88. The van der Waals surface area contributed by atoms with Crippen LogP contribution in [0.2, 0.25) is 0 Å². The van der Waals surface area contributed by atoms with Crippen LogP contribution in [0.5, 0.6) is 5.75 Å². The van der Waals surface area contributed by atoms with E-state index in [2.05, 4.69) is 0 Å². The van der Waals surface area contributed by atoms with Crippen LogP contribution in [-0.4, -0.2) is 12.5 Å². The molecule has 0 bridgehead atoms. The summed E-state index contributed by atoms with van der Waals surface area (Å²) < 4.78 is 31.4. The lowest BCUT2D eigenvalue weighted by atomic mass is 9.98. The molecular formula is C11H15ClF2N2O. The quantitative estimate of drug-likeness (QED) is 0.499. The molecule has 6 heteroatoms. The van der Waals surface area contributed by atoms with E-state index in [-0.39, 0.29) is 0 Å². The number of nitrogens with two attached hydrogens (primary N) is 1. The molecule has 0 spiro atoms. The lowest BCUT2D eigenvalue weighted by molar-refractivity contribution is 0.0494. The summed E-state index contributed by atoms with van der Waals surface area (Å²) in [5.41, 5.74) is 3.77. The Balaban J connectivity index is 3.26. The van der Waals surface area contributed by atoms with Gasteiger partial charge in [0.15, 0.2) is 0 Å². The molecule has 0 saturated carbocycles. The summed E-state index contributed by atoms with van der Waals surface area (Å²) in [5, 5.41) is -3.46. The third kappa shape index (κ3) is 3.06. The van der Waals surface area contributed by atoms with Gasteiger partial charge in [-0.25, -0.2) is 5.43 Å². The van der Waals surface area contributed by atoms with Crippen molar-refractivity contribution in [1.29, 1.82) is 0 Å². The second kappa shape index (κ2) is 5.16. The summed E-state index contributed by atoms with van der Waals surface area (Å²) in [6.07, 6.45) is 0. The number of nitrogens with one attached hydrogen (secondary N) is 1. The van der Waals surface area contributed by atoms with Crippen molar-refractivity contribution in [2.24, 2.45) is 5.84 Å². The van der Waals surface area contributed by atoms with Crippen LogP contribution in [0.1, 0.15) is 22.7 Å². The average molecular weight is 265 g/mol. The van der Waals surface area contributed by atoms with Gasteiger partial charge in [0.05, 0.1) is 7.11 Å². The average Bonchev–Trinajstić information content (AvgIpc) is 2.21. The molecule has 1 aromatic carbocycles. The van der Waals surface area contributed by atoms with Crippen molar-refractivity contribution in [1.82, 2.24) is 5.43 Å². The number of methoxy groups -OCH3 is 1. The summed E-state index contributed by atoms with van der Waals surface area (Å²) in [6.45, 7) is 3.46. The van der Waals surface area contributed by atoms with Crippen LogP contribution in [0.15, 0.2) is 12.1 Å².